The first-order valence-electron chi connectivity index (χ1n) is 3.71. The molecule has 1 rings (SSSR count). The summed E-state index contributed by atoms with van der Waals surface area (Å²) in [6, 6.07) is 3.09. The van der Waals surface area contributed by atoms with Gasteiger partial charge in [0.05, 0.1) is 9.79 Å². The fourth-order valence-electron chi connectivity index (χ4n) is 1.08. The maximum Gasteiger partial charge on any atom is 0.294 e. The van der Waals surface area contributed by atoms with Crippen molar-refractivity contribution in [1.82, 2.24) is 0 Å². The topological polar surface area (TPSA) is 115 Å². The lowest BCUT2D eigenvalue weighted by Crippen LogP contribution is -2.03. The van der Waals surface area contributed by atoms with Crippen molar-refractivity contribution in [2.45, 2.75) is 16.7 Å². The molecule has 6 nitrogen and oxygen atoms in total. The Morgan fingerprint density at radius 1 is 1.07 bits per heavy atom. The molecule has 1 aromatic carbocycles. The second-order valence-corrected chi connectivity index (χ2v) is 5.82. The standard InChI is InChI=1S/C7H10O6S2/c1-5-4-6(14(8,9)10)2-3-7(5)15(11,12)13/h2-4,8-10H,1H3,(H,11,12,13). The summed E-state index contributed by atoms with van der Waals surface area (Å²) in [7, 11) is -8.20. The van der Waals surface area contributed by atoms with Crippen LogP contribution < -0.4 is 0 Å². The van der Waals surface area contributed by atoms with Crippen LogP contribution in [0, 0.1) is 6.92 Å². The minimum absolute atomic E-state index is 0.115. The highest BCUT2D eigenvalue weighted by molar-refractivity contribution is 8.19. The average molecular weight is 254 g/mol. The third-order valence-electron chi connectivity index (χ3n) is 1.74. The minimum atomic E-state index is -4.33. The molecule has 0 saturated heterocycles. The molecule has 0 bridgehead atoms. The minimum Gasteiger partial charge on any atom is -0.304 e. The van der Waals surface area contributed by atoms with Crippen LogP contribution in [0.3, 0.4) is 0 Å². The van der Waals surface area contributed by atoms with Gasteiger partial charge in [-0.05, 0) is 30.7 Å². The second kappa shape index (κ2) is 3.74. The van der Waals surface area contributed by atoms with Crippen molar-refractivity contribution in [2.24, 2.45) is 0 Å². The van der Waals surface area contributed by atoms with Crippen molar-refractivity contribution < 1.29 is 26.6 Å². The maximum absolute atomic E-state index is 10.8. The lowest BCUT2D eigenvalue weighted by Gasteiger charge is -2.19. The lowest BCUT2D eigenvalue weighted by atomic mass is 10.2. The summed E-state index contributed by atoms with van der Waals surface area (Å²) < 4.78 is 57.0. The summed E-state index contributed by atoms with van der Waals surface area (Å²) in [6.07, 6.45) is 0. The Kier molecular flexibility index (Phi) is 3.10. The van der Waals surface area contributed by atoms with Gasteiger partial charge in [0.2, 0.25) is 0 Å². The van der Waals surface area contributed by atoms with Gasteiger partial charge in [0, 0.05) is 0 Å². The lowest BCUT2D eigenvalue weighted by molar-refractivity contribution is 0.375. The summed E-state index contributed by atoms with van der Waals surface area (Å²) in [5.41, 5.74) is 0.115. The molecule has 0 spiro atoms. The van der Waals surface area contributed by atoms with Crippen LogP contribution in [0.25, 0.3) is 0 Å². The van der Waals surface area contributed by atoms with Gasteiger partial charge in [-0.25, -0.2) is 0 Å². The first-order chi connectivity index (χ1) is 6.62. The molecule has 0 saturated carbocycles. The van der Waals surface area contributed by atoms with Crippen molar-refractivity contribution in [3.63, 3.8) is 0 Å². The molecular formula is C7H10O6S2. The number of hydrogen-bond donors (Lipinski definition) is 4. The molecule has 8 heteroatoms. The first-order valence-corrected chi connectivity index (χ1v) is 6.65. The van der Waals surface area contributed by atoms with Gasteiger partial charge in [-0.1, -0.05) is 0 Å². The monoisotopic (exact) mass is 254 g/mol. The molecule has 0 aliphatic heterocycles. The summed E-state index contributed by atoms with van der Waals surface area (Å²) in [5, 5.41) is 0. The molecular weight excluding hydrogens is 244 g/mol. The van der Waals surface area contributed by atoms with E-state index in [0.29, 0.717) is 0 Å². The largest absolute Gasteiger partial charge is 0.304 e. The van der Waals surface area contributed by atoms with Crippen LogP contribution in [0.1, 0.15) is 5.56 Å². The van der Waals surface area contributed by atoms with Crippen molar-refractivity contribution >= 4 is 21.0 Å². The molecule has 0 fully saturated rings. The molecule has 0 amide bonds. The van der Waals surface area contributed by atoms with E-state index in [2.05, 4.69) is 0 Å². The van der Waals surface area contributed by atoms with Crippen LogP contribution in [-0.4, -0.2) is 26.6 Å². The van der Waals surface area contributed by atoms with Crippen LogP contribution in [0.2, 0.25) is 0 Å². The van der Waals surface area contributed by atoms with Crippen LogP contribution in [0.4, 0.5) is 0 Å². The van der Waals surface area contributed by atoms with E-state index >= 15 is 0 Å². The van der Waals surface area contributed by atoms with Gasteiger partial charge in [0.15, 0.2) is 0 Å². The number of rotatable bonds is 2. The predicted molar refractivity (Wildman–Crippen MR) is 54.7 cm³/mol. The van der Waals surface area contributed by atoms with Crippen molar-refractivity contribution in [3.05, 3.63) is 23.8 Å². The van der Waals surface area contributed by atoms with Crippen LogP contribution >= 0.6 is 10.9 Å². The molecule has 0 aliphatic rings. The third kappa shape index (κ3) is 2.91. The summed E-state index contributed by atoms with van der Waals surface area (Å²) >= 11 is 0. The molecule has 86 valence electrons. The van der Waals surface area contributed by atoms with Gasteiger partial charge in [-0.3, -0.25) is 4.55 Å². The van der Waals surface area contributed by atoms with E-state index in [1.54, 1.807) is 0 Å². The first kappa shape index (κ1) is 12.4. The summed E-state index contributed by atoms with van der Waals surface area (Å²) in [5.74, 6) is 0. The molecule has 15 heavy (non-hydrogen) atoms. The second-order valence-electron chi connectivity index (χ2n) is 2.92. The molecule has 0 atom stereocenters. The zero-order valence-electron chi connectivity index (χ0n) is 7.65. The van der Waals surface area contributed by atoms with Crippen LogP contribution in [0.15, 0.2) is 28.0 Å². The van der Waals surface area contributed by atoms with Gasteiger partial charge in [0.25, 0.3) is 10.1 Å². The Bertz CT molecular complexity index is 473. The van der Waals surface area contributed by atoms with Gasteiger partial charge in [-0.15, -0.1) is 0 Å². The Morgan fingerprint density at radius 3 is 1.93 bits per heavy atom. The highest BCUT2D eigenvalue weighted by atomic mass is 32.3. The molecule has 0 radical (unpaired) electrons. The van der Waals surface area contributed by atoms with Gasteiger partial charge >= 0.3 is 0 Å². The fraction of sp³-hybridized carbons (Fsp3) is 0.143. The molecule has 0 heterocycles. The highest BCUT2D eigenvalue weighted by Crippen LogP contribution is 2.44. The zero-order chi connectivity index (χ0) is 11.9. The highest BCUT2D eigenvalue weighted by Gasteiger charge is 2.19. The van der Waals surface area contributed by atoms with Gasteiger partial charge in [-0.2, -0.15) is 8.42 Å². The van der Waals surface area contributed by atoms with Crippen LogP contribution in [0.5, 0.6) is 0 Å². The quantitative estimate of drug-likeness (QED) is 0.598. The summed E-state index contributed by atoms with van der Waals surface area (Å²) in [6.45, 7) is 1.36. The molecule has 4 N–H and O–H groups in total. The number of aryl methyl sites for hydroxylation is 1. The van der Waals surface area contributed by atoms with E-state index in [9.17, 15) is 8.42 Å². The van der Waals surface area contributed by atoms with E-state index in [0.717, 1.165) is 18.2 Å². The van der Waals surface area contributed by atoms with E-state index in [4.69, 9.17) is 18.2 Å². The zero-order valence-corrected chi connectivity index (χ0v) is 9.29. The normalized spacial score (nSPS) is 13.9. The average Bonchev–Trinajstić information content (AvgIpc) is 1.99. The fourth-order valence-corrected chi connectivity index (χ4v) is 2.37. The number of hydrogen-bond acceptors (Lipinski definition) is 5. The van der Waals surface area contributed by atoms with Crippen molar-refractivity contribution in [3.8, 4) is 0 Å². The van der Waals surface area contributed by atoms with Gasteiger partial charge in [0.1, 0.15) is 10.9 Å². The smallest absolute Gasteiger partial charge is 0.294 e. The Labute approximate surface area is 88.5 Å². The van der Waals surface area contributed by atoms with E-state index in [1.807, 2.05) is 0 Å². The van der Waals surface area contributed by atoms with E-state index < -0.39 is 21.0 Å². The third-order valence-corrected chi connectivity index (χ3v) is 3.64. The molecule has 1 aromatic rings. The van der Waals surface area contributed by atoms with E-state index in [1.165, 1.54) is 6.92 Å². The van der Waals surface area contributed by atoms with Crippen LogP contribution in [-0.2, 0) is 10.1 Å². The number of benzene rings is 1. The predicted octanol–water partition coefficient (Wildman–Crippen LogP) is 1.82. The van der Waals surface area contributed by atoms with Gasteiger partial charge < -0.3 is 13.7 Å². The summed E-state index contributed by atoms with van der Waals surface area (Å²) in [4.78, 5) is -0.540. The maximum atomic E-state index is 10.8. The Morgan fingerprint density at radius 2 is 1.60 bits per heavy atom. The van der Waals surface area contributed by atoms with E-state index in [-0.39, 0.29) is 15.4 Å². The molecule has 0 unspecified atom stereocenters. The Balaban J connectivity index is 3.34. The van der Waals surface area contributed by atoms with Crippen molar-refractivity contribution in [2.75, 3.05) is 0 Å². The van der Waals surface area contributed by atoms with Crippen molar-refractivity contribution in [1.29, 1.82) is 0 Å². The Hall–Kier alpha value is -0.640. The molecule has 0 aliphatic carbocycles. The molecule has 0 aromatic heterocycles. The SMILES string of the molecule is Cc1cc(S(O)(O)O)ccc1S(=O)(=O)O.